The number of benzene rings is 2. The molecule has 2 N–H and O–H groups in total. The van der Waals surface area contributed by atoms with E-state index in [4.69, 9.17) is 22.1 Å². The molecule has 0 atom stereocenters. The van der Waals surface area contributed by atoms with Crippen molar-refractivity contribution in [2.45, 2.75) is 13.5 Å². The fourth-order valence-corrected chi connectivity index (χ4v) is 1.75. The molecule has 0 aromatic heterocycles. The standard InChI is InChI=1S/C14H13ClFNO/c1-9-2-4-12(15)14(6-9)18-8-10-7-11(16)3-5-13(10)17/h2-7H,8,17H2,1H3. The Hall–Kier alpha value is -1.74. The highest BCUT2D eigenvalue weighted by atomic mass is 35.5. The lowest BCUT2D eigenvalue weighted by molar-refractivity contribution is 0.306. The van der Waals surface area contributed by atoms with E-state index in [0.717, 1.165) is 5.56 Å². The summed E-state index contributed by atoms with van der Waals surface area (Å²) in [6.45, 7) is 2.13. The van der Waals surface area contributed by atoms with E-state index in [9.17, 15) is 4.39 Å². The third kappa shape index (κ3) is 2.93. The quantitative estimate of drug-likeness (QED) is 0.853. The summed E-state index contributed by atoms with van der Waals surface area (Å²) < 4.78 is 18.6. The summed E-state index contributed by atoms with van der Waals surface area (Å²) >= 11 is 6.00. The third-order valence-electron chi connectivity index (χ3n) is 2.57. The predicted molar refractivity (Wildman–Crippen MR) is 71.3 cm³/mol. The first-order chi connectivity index (χ1) is 8.56. The molecule has 2 aromatic carbocycles. The minimum Gasteiger partial charge on any atom is -0.487 e. The van der Waals surface area contributed by atoms with Crippen LogP contribution in [0.4, 0.5) is 10.1 Å². The Bertz CT molecular complexity index is 520. The van der Waals surface area contributed by atoms with Crippen molar-refractivity contribution in [1.29, 1.82) is 0 Å². The van der Waals surface area contributed by atoms with E-state index in [1.54, 1.807) is 6.07 Å². The van der Waals surface area contributed by atoms with Gasteiger partial charge in [0, 0.05) is 11.3 Å². The van der Waals surface area contributed by atoms with Crippen LogP contribution in [0.3, 0.4) is 0 Å². The highest BCUT2D eigenvalue weighted by molar-refractivity contribution is 6.32. The molecule has 18 heavy (non-hydrogen) atoms. The van der Waals surface area contributed by atoms with Crippen LogP contribution in [0.15, 0.2) is 36.4 Å². The SMILES string of the molecule is Cc1ccc(Cl)c(OCc2cc(F)ccc2N)c1. The molecule has 0 heterocycles. The molecule has 2 nitrogen and oxygen atoms in total. The minimum atomic E-state index is -0.335. The Morgan fingerprint density at radius 3 is 2.78 bits per heavy atom. The second-order valence-corrected chi connectivity index (χ2v) is 4.47. The lowest BCUT2D eigenvalue weighted by Gasteiger charge is -2.10. The Labute approximate surface area is 110 Å². The van der Waals surface area contributed by atoms with Crippen molar-refractivity contribution in [2.24, 2.45) is 0 Å². The molecule has 0 aliphatic rings. The van der Waals surface area contributed by atoms with Gasteiger partial charge in [0.15, 0.2) is 0 Å². The second-order valence-electron chi connectivity index (χ2n) is 4.07. The molecule has 0 bridgehead atoms. The van der Waals surface area contributed by atoms with Gasteiger partial charge in [0.2, 0.25) is 0 Å². The summed E-state index contributed by atoms with van der Waals surface area (Å²) in [6, 6.07) is 9.69. The number of nitrogens with two attached hydrogens (primary N) is 1. The largest absolute Gasteiger partial charge is 0.487 e. The summed E-state index contributed by atoms with van der Waals surface area (Å²) in [5.41, 5.74) is 7.89. The summed E-state index contributed by atoms with van der Waals surface area (Å²) in [6.07, 6.45) is 0. The molecule has 94 valence electrons. The first kappa shape index (κ1) is 12.7. The normalized spacial score (nSPS) is 10.4. The van der Waals surface area contributed by atoms with Crippen LogP contribution in [0.2, 0.25) is 5.02 Å². The maximum Gasteiger partial charge on any atom is 0.138 e. The Kier molecular flexibility index (Phi) is 3.72. The zero-order valence-corrected chi connectivity index (χ0v) is 10.7. The molecule has 0 saturated carbocycles. The van der Waals surface area contributed by atoms with Gasteiger partial charge in [-0.05, 0) is 42.8 Å². The predicted octanol–water partition coefficient (Wildman–Crippen LogP) is 3.95. The Morgan fingerprint density at radius 1 is 1.22 bits per heavy atom. The number of hydrogen-bond donors (Lipinski definition) is 1. The van der Waals surface area contributed by atoms with Gasteiger partial charge in [-0.3, -0.25) is 0 Å². The van der Waals surface area contributed by atoms with Crippen LogP contribution in [0.1, 0.15) is 11.1 Å². The Morgan fingerprint density at radius 2 is 2.00 bits per heavy atom. The van der Waals surface area contributed by atoms with E-state index in [-0.39, 0.29) is 12.4 Å². The first-order valence-electron chi connectivity index (χ1n) is 5.49. The average molecular weight is 266 g/mol. The number of ether oxygens (including phenoxy) is 1. The van der Waals surface area contributed by atoms with Gasteiger partial charge in [-0.25, -0.2) is 4.39 Å². The van der Waals surface area contributed by atoms with Crippen LogP contribution in [-0.4, -0.2) is 0 Å². The van der Waals surface area contributed by atoms with Gasteiger partial charge in [-0.15, -0.1) is 0 Å². The van der Waals surface area contributed by atoms with E-state index in [1.165, 1.54) is 18.2 Å². The van der Waals surface area contributed by atoms with Crippen LogP contribution in [-0.2, 0) is 6.61 Å². The molecule has 0 radical (unpaired) electrons. The molecule has 0 saturated heterocycles. The molecule has 2 rings (SSSR count). The number of rotatable bonds is 3. The summed E-state index contributed by atoms with van der Waals surface area (Å²) in [5.74, 6) is 0.235. The van der Waals surface area contributed by atoms with Crippen molar-refractivity contribution in [3.8, 4) is 5.75 Å². The summed E-state index contributed by atoms with van der Waals surface area (Å²) in [4.78, 5) is 0. The van der Waals surface area contributed by atoms with E-state index < -0.39 is 0 Å². The van der Waals surface area contributed by atoms with Gasteiger partial charge < -0.3 is 10.5 Å². The molecule has 0 aliphatic carbocycles. The van der Waals surface area contributed by atoms with Crippen LogP contribution in [0, 0.1) is 12.7 Å². The van der Waals surface area contributed by atoms with E-state index in [1.807, 2.05) is 19.1 Å². The maximum atomic E-state index is 13.1. The van der Waals surface area contributed by atoms with Gasteiger partial charge in [0.1, 0.15) is 18.2 Å². The fraction of sp³-hybridized carbons (Fsp3) is 0.143. The molecule has 0 spiro atoms. The molecule has 4 heteroatoms. The van der Waals surface area contributed by atoms with Crippen molar-refractivity contribution < 1.29 is 9.13 Å². The molecular weight excluding hydrogens is 253 g/mol. The molecule has 0 unspecified atom stereocenters. The van der Waals surface area contributed by atoms with Crippen LogP contribution in [0.5, 0.6) is 5.75 Å². The van der Waals surface area contributed by atoms with Crippen molar-refractivity contribution in [2.75, 3.05) is 5.73 Å². The van der Waals surface area contributed by atoms with E-state index in [2.05, 4.69) is 0 Å². The number of nitrogen functional groups attached to an aromatic ring is 1. The third-order valence-corrected chi connectivity index (χ3v) is 2.89. The number of aryl methyl sites for hydroxylation is 1. The smallest absolute Gasteiger partial charge is 0.138 e. The molecule has 0 fully saturated rings. The Balaban J connectivity index is 2.16. The molecule has 0 amide bonds. The monoisotopic (exact) mass is 265 g/mol. The molecular formula is C14H13ClFNO. The number of hydrogen-bond acceptors (Lipinski definition) is 2. The zero-order chi connectivity index (χ0) is 13.1. The van der Waals surface area contributed by atoms with Gasteiger partial charge in [0.05, 0.1) is 5.02 Å². The second kappa shape index (κ2) is 5.27. The summed E-state index contributed by atoms with van der Waals surface area (Å²) in [5, 5.41) is 0.524. The van der Waals surface area contributed by atoms with Gasteiger partial charge in [0.25, 0.3) is 0 Å². The van der Waals surface area contributed by atoms with Gasteiger partial charge >= 0.3 is 0 Å². The molecule has 2 aromatic rings. The average Bonchev–Trinajstić information content (AvgIpc) is 2.34. The van der Waals surface area contributed by atoms with Gasteiger partial charge in [-0.1, -0.05) is 17.7 Å². The van der Waals surface area contributed by atoms with Crippen molar-refractivity contribution in [3.05, 3.63) is 58.4 Å². The van der Waals surface area contributed by atoms with Crippen molar-refractivity contribution in [3.63, 3.8) is 0 Å². The number of halogens is 2. The fourth-order valence-electron chi connectivity index (χ4n) is 1.58. The first-order valence-corrected chi connectivity index (χ1v) is 5.87. The summed E-state index contributed by atoms with van der Waals surface area (Å²) in [7, 11) is 0. The van der Waals surface area contributed by atoms with Crippen molar-refractivity contribution in [1.82, 2.24) is 0 Å². The van der Waals surface area contributed by atoms with Crippen LogP contribution in [0.25, 0.3) is 0 Å². The van der Waals surface area contributed by atoms with E-state index in [0.29, 0.717) is 22.0 Å². The van der Waals surface area contributed by atoms with Crippen LogP contribution >= 0.6 is 11.6 Å². The maximum absolute atomic E-state index is 13.1. The topological polar surface area (TPSA) is 35.2 Å². The molecule has 0 aliphatic heterocycles. The van der Waals surface area contributed by atoms with Crippen LogP contribution < -0.4 is 10.5 Å². The number of anilines is 1. The zero-order valence-electron chi connectivity index (χ0n) is 9.91. The lowest BCUT2D eigenvalue weighted by atomic mass is 10.2. The van der Waals surface area contributed by atoms with Crippen molar-refractivity contribution >= 4 is 17.3 Å². The van der Waals surface area contributed by atoms with Gasteiger partial charge in [-0.2, -0.15) is 0 Å². The highest BCUT2D eigenvalue weighted by Gasteiger charge is 2.05. The minimum absolute atomic E-state index is 0.187. The lowest BCUT2D eigenvalue weighted by Crippen LogP contribution is -2.01. The van der Waals surface area contributed by atoms with E-state index >= 15 is 0 Å². The highest BCUT2D eigenvalue weighted by Crippen LogP contribution is 2.26.